The molecule has 1 aromatic rings. The molecule has 0 spiro atoms. The molecule has 2 unspecified atom stereocenters. The molecule has 96 valence electrons. The van der Waals surface area contributed by atoms with Crippen LogP contribution in [-0.2, 0) is 10.8 Å². The van der Waals surface area contributed by atoms with E-state index in [0.29, 0.717) is 18.4 Å². The van der Waals surface area contributed by atoms with Gasteiger partial charge in [0.1, 0.15) is 0 Å². The number of aryl methyl sites for hydroxylation is 1. The van der Waals surface area contributed by atoms with Gasteiger partial charge in [-0.25, -0.2) is 9.97 Å². The molecule has 2 atom stereocenters. The van der Waals surface area contributed by atoms with Crippen LogP contribution in [0.1, 0.15) is 38.1 Å². The first-order valence-electron chi connectivity index (χ1n) is 5.81. The van der Waals surface area contributed by atoms with Crippen molar-refractivity contribution < 1.29 is 4.21 Å². The summed E-state index contributed by atoms with van der Waals surface area (Å²) < 4.78 is 11.2. The van der Waals surface area contributed by atoms with Crippen molar-refractivity contribution in [2.45, 2.75) is 38.9 Å². The van der Waals surface area contributed by atoms with Gasteiger partial charge >= 0.3 is 0 Å². The summed E-state index contributed by atoms with van der Waals surface area (Å²) in [5.41, 5.74) is 1.99. The van der Waals surface area contributed by atoms with Gasteiger partial charge < -0.3 is 5.32 Å². The van der Waals surface area contributed by atoms with E-state index in [1.807, 2.05) is 19.9 Å². The van der Waals surface area contributed by atoms with E-state index in [0.717, 1.165) is 11.4 Å². The lowest BCUT2D eigenvalue weighted by Crippen LogP contribution is -2.22. The Kier molecular flexibility index (Phi) is 5.05. The highest BCUT2D eigenvalue weighted by Crippen LogP contribution is 2.14. The third-order valence-electron chi connectivity index (χ3n) is 2.58. The Hall–Kier alpha value is -0.970. The summed E-state index contributed by atoms with van der Waals surface area (Å²) in [6, 6.07) is 2.00. The van der Waals surface area contributed by atoms with Gasteiger partial charge in [0.2, 0.25) is 5.95 Å². The summed E-state index contributed by atoms with van der Waals surface area (Å²) in [4.78, 5) is 8.77. The van der Waals surface area contributed by atoms with Gasteiger partial charge in [0.25, 0.3) is 0 Å². The summed E-state index contributed by atoms with van der Waals surface area (Å²) in [6.45, 7) is 8.75. The number of aromatic nitrogens is 2. The summed E-state index contributed by atoms with van der Waals surface area (Å²) in [5, 5.41) is 3.25. The zero-order valence-corrected chi connectivity index (χ0v) is 12.0. The quantitative estimate of drug-likeness (QED) is 0.875. The second kappa shape index (κ2) is 6.10. The van der Waals surface area contributed by atoms with Crippen molar-refractivity contribution in [2.75, 3.05) is 18.1 Å². The van der Waals surface area contributed by atoms with Crippen LogP contribution in [0.15, 0.2) is 6.07 Å². The van der Waals surface area contributed by atoms with Gasteiger partial charge in [-0.1, -0.05) is 13.8 Å². The van der Waals surface area contributed by atoms with Crippen LogP contribution in [0.4, 0.5) is 5.95 Å². The average Bonchev–Trinajstić information content (AvgIpc) is 2.24. The Morgan fingerprint density at radius 2 is 2.00 bits per heavy atom. The van der Waals surface area contributed by atoms with E-state index in [1.165, 1.54) is 0 Å². The molecular formula is C12H21N3OS. The monoisotopic (exact) mass is 255 g/mol. The number of hydrogen-bond acceptors (Lipinski definition) is 4. The van der Waals surface area contributed by atoms with Crippen molar-refractivity contribution in [3.63, 3.8) is 0 Å². The normalized spacial score (nSPS) is 14.7. The largest absolute Gasteiger partial charge is 0.353 e. The van der Waals surface area contributed by atoms with Crippen molar-refractivity contribution in [3.05, 3.63) is 17.5 Å². The molecule has 0 bridgehead atoms. The Morgan fingerprint density at radius 1 is 1.35 bits per heavy atom. The van der Waals surface area contributed by atoms with Crippen molar-refractivity contribution in [2.24, 2.45) is 0 Å². The smallest absolute Gasteiger partial charge is 0.223 e. The molecule has 1 rings (SSSR count). The second-order valence-corrected chi connectivity index (χ2v) is 6.40. The molecule has 1 aromatic heterocycles. The Morgan fingerprint density at radius 3 is 2.53 bits per heavy atom. The fourth-order valence-corrected chi connectivity index (χ4v) is 1.64. The van der Waals surface area contributed by atoms with Gasteiger partial charge in [-0.05, 0) is 25.8 Å². The Labute approximate surface area is 106 Å². The number of hydrogen-bond donors (Lipinski definition) is 1. The molecule has 0 amide bonds. The molecule has 0 saturated carbocycles. The zero-order chi connectivity index (χ0) is 13.0. The fraction of sp³-hybridized carbons (Fsp3) is 0.667. The van der Waals surface area contributed by atoms with Crippen LogP contribution in [0.2, 0.25) is 0 Å². The van der Waals surface area contributed by atoms with Gasteiger partial charge in [-0.2, -0.15) is 0 Å². The van der Waals surface area contributed by atoms with E-state index in [4.69, 9.17) is 0 Å². The van der Waals surface area contributed by atoms with Gasteiger partial charge in [0.15, 0.2) is 0 Å². The van der Waals surface area contributed by atoms with E-state index < -0.39 is 10.8 Å². The molecule has 5 heteroatoms. The lowest BCUT2D eigenvalue weighted by atomic mass is 10.1. The maximum Gasteiger partial charge on any atom is 0.223 e. The molecule has 1 N–H and O–H groups in total. The molecule has 0 aromatic carbocycles. The van der Waals surface area contributed by atoms with Gasteiger partial charge in [0, 0.05) is 40.2 Å². The minimum Gasteiger partial charge on any atom is -0.353 e. The first-order chi connectivity index (χ1) is 7.90. The summed E-state index contributed by atoms with van der Waals surface area (Å²) >= 11 is 0. The molecule has 17 heavy (non-hydrogen) atoms. The van der Waals surface area contributed by atoms with Crippen molar-refractivity contribution in [1.82, 2.24) is 9.97 Å². The summed E-state index contributed by atoms with van der Waals surface area (Å²) in [6.07, 6.45) is 1.71. The maximum atomic E-state index is 11.2. The minimum atomic E-state index is -0.822. The van der Waals surface area contributed by atoms with E-state index in [1.54, 1.807) is 6.26 Å². The molecule has 0 aliphatic heterocycles. The predicted octanol–water partition coefficient (Wildman–Crippen LogP) is 2.09. The van der Waals surface area contributed by atoms with Crippen molar-refractivity contribution in [1.29, 1.82) is 0 Å². The lowest BCUT2D eigenvalue weighted by molar-refractivity contribution is 0.678. The van der Waals surface area contributed by atoms with Crippen LogP contribution in [0, 0.1) is 6.92 Å². The van der Waals surface area contributed by atoms with Crippen molar-refractivity contribution >= 4 is 16.7 Å². The molecule has 0 saturated heterocycles. The summed E-state index contributed by atoms with van der Waals surface area (Å²) in [7, 11) is -0.822. The molecule has 0 fully saturated rings. The third kappa shape index (κ3) is 4.42. The fourth-order valence-electron chi connectivity index (χ4n) is 1.32. The van der Waals surface area contributed by atoms with Crippen LogP contribution in [0.25, 0.3) is 0 Å². The standard InChI is InChI=1S/C12H21N3OS/c1-8(2)11-6-9(3)14-12(15-11)13-7-10(4)17(5)16/h6,8,10H,7H2,1-5H3,(H,13,14,15). The summed E-state index contributed by atoms with van der Waals surface area (Å²) in [5.74, 6) is 1.01. The van der Waals surface area contributed by atoms with Crippen LogP contribution in [-0.4, -0.2) is 32.2 Å². The lowest BCUT2D eigenvalue weighted by Gasteiger charge is -2.12. The topological polar surface area (TPSA) is 54.9 Å². The first-order valence-corrected chi connectivity index (χ1v) is 7.44. The van der Waals surface area contributed by atoms with Gasteiger partial charge in [-0.15, -0.1) is 0 Å². The Balaban J connectivity index is 2.74. The number of nitrogens with one attached hydrogen (secondary N) is 1. The molecular weight excluding hydrogens is 234 g/mol. The molecule has 1 heterocycles. The minimum absolute atomic E-state index is 0.0987. The molecule has 0 aliphatic carbocycles. The highest BCUT2D eigenvalue weighted by atomic mass is 32.2. The first kappa shape index (κ1) is 14.1. The van der Waals surface area contributed by atoms with Crippen LogP contribution >= 0.6 is 0 Å². The predicted molar refractivity (Wildman–Crippen MR) is 72.9 cm³/mol. The van der Waals surface area contributed by atoms with Gasteiger partial charge in [0.05, 0.1) is 0 Å². The van der Waals surface area contributed by atoms with E-state index in [2.05, 4.69) is 29.1 Å². The SMILES string of the molecule is Cc1cc(C(C)C)nc(NCC(C)S(C)=O)n1. The van der Waals surface area contributed by atoms with E-state index in [-0.39, 0.29) is 5.25 Å². The highest BCUT2D eigenvalue weighted by Gasteiger charge is 2.09. The molecule has 4 nitrogen and oxygen atoms in total. The van der Waals surface area contributed by atoms with E-state index >= 15 is 0 Å². The average molecular weight is 255 g/mol. The maximum absolute atomic E-state index is 11.2. The number of rotatable bonds is 5. The number of nitrogens with zero attached hydrogens (tertiary/aromatic N) is 2. The number of anilines is 1. The van der Waals surface area contributed by atoms with Crippen LogP contribution in [0.3, 0.4) is 0 Å². The third-order valence-corrected chi connectivity index (χ3v) is 3.88. The van der Waals surface area contributed by atoms with Crippen LogP contribution < -0.4 is 5.32 Å². The zero-order valence-electron chi connectivity index (χ0n) is 11.2. The Bertz CT molecular complexity index is 407. The van der Waals surface area contributed by atoms with Crippen molar-refractivity contribution in [3.8, 4) is 0 Å². The highest BCUT2D eigenvalue weighted by molar-refractivity contribution is 7.84. The second-order valence-electron chi connectivity index (χ2n) is 4.60. The van der Waals surface area contributed by atoms with Gasteiger partial charge in [-0.3, -0.25) is 4.21 Å². The molecule has 0 radical (unpaired) electrons. The van der Waals surface area contributed by atoms with E-state index in [9.17, 15) is 4.21 Å². The molecule has 0 aliphatic rings. The van der Waals surface area contributed by atoms with Crippen LogP contribution in [0.5, 0.6) is 0 Å².